The highest BCUT2D eigenvalue weighted by molar-refractivity contribution is 6.09. The number of aryl methyl sites for hydroxylation is 1. The minimum atomic E-state index is 0.782. The molecule has 228 valence electrons. The number of aromatic nitrogens is 6. The molecule has 0 amide bonds. The third-order valence-electron chi connectivity index (χ3n) is 9.69. The predicted molar refractivity (Wildman–Crippen MR) is 195 cm³/mol. The largest absolute Gasteiger partial charge is 0.310 e. The molecule has 0 saturated carbocycles. The van der Waals surface area contributed by atoms with Crippen molar-refractivity contribution in [1.82, 2.24) is 28.2 Å². The Balaban J connectivity index is 1.00. The molecule has 0 spiro atoms. The van der Waals surface area contributed by atoms with Gasteiger partial charge in [-0.05, 0) is 91.2 Å². The fraction of sp³-hybridized carbons (Fsp3) is 0.0476. The van der Waals surface area contributed by atoms with Crippen molar-refractivity contribution in [3.05, 3.63) is 163 Å². The van der Waals surface area contributed by atoms with E-state index in [1.807, 2.05) is 24.8 Å². The van der Waals surface area contributed by atoms with Gasteiger partial charge in [0.1, 0.15) is 0 Å². The Morgan fingerprint density at radius 2 is 0.917 bits per heavy atom. The van der Waals surface area contributed by atoms with Crippen LogP contribution in [0.5, 0.6) is 0 Å². The molecule has 10 rings (SSSR count). The van der Waals surface area contributed by atoms with Gasteiger partial charge in [-0.2, -0.15) is 0 Å². The lowest BCUT2D eigenvalue weighted by Gasteiger charge is -2.14. The molecule has 0 bridgehead atoms. The van der Waals surface area contributed by atoms with E-state index in [-0.39, 0.29) is 0 Å². The number of fused-ring (bicyclic) bond motifs is 6. The smallest absolute Gasteiger partial charge is 0.181 e. The van der Waals surface area contributed by atoms with Gasteiger partial charge >= 0.3 is 0 Å². The van der Waals surface area contributed by atoms with Crippen molar-refractivity contribution in [2.24, 2.45) is 0 Å². The zero-order valence-electron chi connectivity index (χ0n) is 26.1. The van der Waals surface area contributed by atoms with Crippen LogP contribution < -0.4 is 0 Å². The minimum absolute atomic E-state index is 0.782. The fourth-order valence-electron chi connectivity index (χ4n) is 7.54. The molecule has 1 aliphatic carbocycles. The van der Waals surface area contributed by atoms with E-state index in [0.717, 1.165) is 47.2 Å². The first-order chi connectivity index (χ1) is 23.8. The van der Waals surface area contributed by atoms with Crippen LogP contribution in [-0.4, -0.2) is 28.2 Å². The van der Waals surface area contributed by atoms with Gasteiger partial charge in [-0.25, -0.2) is 9.97 Å². The van der Waals surface area contributed by atoms with Gasteiger partial charge in [-0.1, -0.05) is 60.7 Å². The maximum absolute atomic E-state index is 4.78. The molecule has 0 atom stereocenters. The van der Waals surface area contributed by atoms with Crippen molar-refractivity contribution >= 4 is 38.8 Å². The Kier molecular flexibility index (Phi) is 5.90. The third kappa shape index (κ3) is 3.99. The molecule has 5 aromatic carbocycles. The van der Waals surface area contributed by atoms with E-state index in [0.29, 0.717) is 0 Å². The molecule has 6 nitrogen and oxygen atoms in total. The SMILES string of the molecule is C1=Cc2c(c3ccccc3n2-c2ccc(-n3ccnc3-c3nccn3-c3ccc(-n4c5ccccc5c5ccccc54)cc3)cc2)CC1. The van der Waals surface area contributed by atoms with Gasteiger partial charge in [0.15, 0.2) is 11.6 Å². The highest BCUT2D eigenvalue weighted by Gasteiger charge is 2.19. The summed E-state index contributed by atoms with van der Waals surface area (Å²) < 4.78 is 8.93. The lowest BCUT2D eigenvalue weighted by Crippen LogP contribution is -2.04. The van der Waals surface area contributed by atoms with E-state index in [1.54, 1.807) is 0 Å². The van der Waals surface area contributed by atoms with Gasteiger partial charge in [0.2, 0.25) is 0 Å². The molecular formula is C42H30N6. The Morgan fingerprint density at radius 1 is 0.458 bits per heavy atom. The standard InChI is InChI=1S/C42H30N6/c1-5-13-37-33(9-1)34-10-2-6-14-38(34)47(37)31-21-17-29(18-22-31)45-27-25-43-41(45)42-44-26-28-46(42)30-19-23-32(24-20-30)48-39-15-7-3-11-35(39)36-12-4-8-16-40(36)48/h1-3,5-11,13-28H,4,12H2. The third-order valence-corrected chi connectivity index (χ3v) is 9.69. The Morgan fingerprint density at radius 3 is 1.48 bits per heavy atom. The van der Waals surface area contributed by atoms with Gasteiger partial charge in [-0.15, -0.1) is 0 Å². The first-order valence-corrected chi connectivity index (χ1v) is 16.4. The number of hydrogen-bond donors (Lipinski definition) is 0. The summed E-state index contributed by atoms with van der Waals surface area (Å²) >= 11 is 0. The number of allylic oxidation sites excluding steroid dienone is 1. The molecule has 0 aliphatic heterocycles. The van der Waals surface area contributed by atoms with Crippen LogP contribution in [0.2, 0.25) is 0 Å². The number of nitrogens with zero attached hydrogens (tertiary/aromatic N) is 6. The van der Waals surface area contributed by atoms with E-state index in [9.17, 15) is 0 Å². The van der Waals surface area contributed by atoms with Crippen LogP contribution in [0.3, 0.4) is 0 Å². The highest BCUT2D eigenvalue weighted by Crippen LogP contribution is 2.35. The first-order valence-electron chi connectivity index (χ1n) is 16.4. The van der Waals surface area contributed by atoms with Crippen LogP contribution >= 0.6 is 0 Å². The van der Waals surface area contributed by atoms with Crippen LogP contribution in [0.4, 0.5) is 0 Å². The second kappa shape index (κ2) is 10.6. The molecule has 4 heterocycles. The zero-order valence-corrected chi connectivity index (χ0v) is 26.1. The number of benzene rings is 5. The molecule has 4 aromatic heterocycles. The van der Waals surface area contributed by atoms with Gasteiger partial charge in [0, 0.05) is 69.4 Å². The average molecular weight is 619 g/mol. The second-order valence-electron chi connectivity index (χ2n) is 12.3. The van der Waals surface area contributed by atoms with Crippen molar-refractivity contribution in [1.29, 1.82) is 0 Å². The van der Waals surface area contributed by atoms with Crippen molar-refractivity contribution in [2.75, 3.05) is 0 Å². The van der Waals surface area contributed by atoms with E-state index in [4.69, 9.17) is 9.97 Å². The molecule has 48 heavy (non-hydrogen) atoms. The second-order valence-corrected chi connectivity index (χ2v) is 12.3. The maximum Gasteiger partial charge on any atom is 0.181 e. The molecule has 6 heteroatoms. The van der Waals surface area contributed by atoms with Crippen molar-refractivity contribution in [2.45, 2.75) is 12.8 Å². The van der Waals surface area contributed by atoms with Gasteiger partial charge in [0.05, 0.1) is 16.6 Å². The highest BCUT2D eigenvalue weighted by atomic mass is 15.2. The van der Waals surface area contributed by atoms with Crippen LogP contribution in [0.15, 0.2) is 152 Å². The van der Waals surface area contributed by atoms with Gasteiger partial charge in [0.25, 0.3) is 0 Å². The molecule has 1 aliphatic rings. The summed E-state index contributed by atoms with van der Waals surface area (Å²) in [5.74, 6) is 1.57. The van der Waals surface area contributed by atoms with Crippen molar-refractivity contribution < 1.29 is 0 Å². The topological polar surface area (TPSA) is 45.5 Å². The monoisotopic (exact) mass is 618 g/mol. The minimum Gasteiger partial charge on any atom is -0.310 e. The predicted octanol–water partition coefficient (Wildman–Crippen LogP) is 9.73. The summed E-state index contributed by atoms with van der Waals surface area (Å²) in [4.78, 5) is 9.56. The molecule has 9 aromatic rings. The van der Waals surface area contributed by atoms with Gasteiger partial charge < -0.3 is 9.13 Å². The van der Waals surface area contributed by atoms with E-state index in [1.165, 1.54) is 44.0 Å². The van der Waals surface area contributed by atoms with E-state index >= 15 is 0 Å². The summed E-state index contributed by atoms with van der Waals surface area (Å²) in [6, 6.07) is 43.3. The zero-order chi connectivity index (χ0) is 31.6. The summed E-state index contributed by atoms with van der Waals surface area (Å²) in [7, 11) is 0. The quantitative estimate of drug-likeness (QED) is 0.193. The van der Waals surface area contributed by atoms with Gasteiger partial charge in [-0.3, -0.25) is 9.13 Å². The molecule has 0 radical (unpaired) electrons. The fourth-order valence-corrected chi connectivity index (χ4v) is 7.54. The lowest BCUT2D eigenvalue weighted by molar-refractivity contribution is 0.965. The summed E-state index contributed by atoms with van der Waals surface area (Å²) in [6.45, 7) is 0. The lowest BCUT2D eigenvalue weighted by atomic mass is 10.0. The summed E-state index contributed by atoms with van der Waals surface area (Å²) in [5, 5.41) is 3.85. The Hall–Kier alpha value is -6.40. The first kappa shape index (κ1) is 26.8. The molecular weight excluding hydrogens is 589 g/mol. The number of hydrogen-bond acceptors (Lipinski definition) is 2. The summed E-state index contributed by atoms with van der Waals surface area (Å²) in [5.41, 5.74) is 10.7. The Labute approximate surface area is 277 Å². The Bertz CT molecular complexity index is 2610. The molecule has 0 fully saturated rings. The number of rotatable bonds is 5. The summed E-state index contributed by atoms with van der Waals surface area (Å²) in [6.07, 6.45) is 14.4. The molecule has 0 unspecified atom stereocenters. The van der Waals surface area contributed by atoms with Crippen molar-refractivity contribution in [3.8, 4) is 34.4 Å². The normalized spacial score (nSPS) is 12.8. The van der Waals surface area contributed by atoms with Crippen LogP contribution in [-0.2, 0) is 6.42 Å². The van der Waals surface area contributed by atoms with Crippen LogP contribution in [0, 0.1) is 0 Å². The van der Waals surface area contributed by atoms with Crippen molar-refractivity contribution in [3.63, 3.8) is 0 Å². The van der Waals surface area contributed by atoms with Crippen LogP contribution in [0.1, 0.15) is 17.7 Å². The maximum atomic E-state index is 4.78. The number of imidazole rings is 2. The average Bonchev–Trinajstić information content (AvgIpc) is 3.95. The number of para-hydroxylation sites is 3. The van der Waals surface area contributed by atoms with E-state index in [2.05, 4.69) is 152 Å². The van der Waals surface area contributed by atoms with E-state index < -0.39 is 0 Å². The molecule has 0 saturated heterocycles. The molecule has 0 N–H and O–H groups in total. The van der Waals surface area contributed by atoms with Crippen LogP contribution in [0.25, 0.3) is 73.2 Å².